The van der Waals surface area contributed by atoms with E-state index in [1.165, 1.54) is 6.92 Å². The number of nitrogen functional groups attached to an aromatic ring is 1. The number of nitrogens with zero attached hydrogens (tertiary/aromatic N) is 2. The van der Waals surface area contributed by atoms with E-state index in [1.807, 2.05) is 6.92 Å². The van der Waals surface area contributed by atoms with Gasteiger partial charge in [0.15, 0.2) is 0 Å². The molecule has 192 valence electrons. The Morgan fingerprint density at radius 1 is 1.23 bits per heavy atom. The highest BCUT2D eigenvalue weighted by Gasteiger charge is 2.68. The molecule has 0 aliphatic carbocycles. The minimum absolute atomic E-state index is 0.00524. The number of amidine groups is 1. The minimum Gasteiger partial charge on any atom is -0.481 e. The number of carbonyl (C=O) groups is 4. The third-order valence-electron chi connectivity index (χ3n) is 5.50. The summed E-state index contributed by atoms with van der Waals surface area (Å²) in [4.78, 5) is 51.9. The number of unbranched alkanes of at least 4 members (excludes halogenated alkanes) is 1. The second-order valence-corrected chi connectivity index (χ2v) is 8.01. The molecule has 1 aromatic rings. The lowest BCUT2D eigenvalue weighted by Gasteiger charge is -2.40. The normalized spacial score (nSPS) is 17.9. The van der Waals surface area contributed by atoms with E-state index in [4.69, 9.17) is 36.5 Å². The lowest BCUT2D eigenvalue weighted by atomic mass is 9.87. The number of carboxylic acid groups (broad SMARTS) is 2. The Kier molecular flexibility index (Phi) is 10.0. The third-order valence-corrected chi connectivity index (χ3v) is 5.50. The molecule has 7 N–H and O–H groups in total. The Labute approximate surface area is 202 Å². The molecule has 0 saturated heterocycles. The molecule has 0 radical (unpaired) electrons. The average molecular weight is 495 g/mol. The maximum absolute atomic E-state index is 12.8. The van der Waals surface area contributed by atoms with Gasteiger partial charge in [0.05, 0.1) is 19.2 Å². The van der Waals surface area contributed by atoms with Crippen molar-refractivity contribution in [3.8, 4) is 0 Å². The van der Waals surface area contributed by atoms with Crippen LogP contribution in [0.5, 0.6) is 0 Å². The Balaban J connectivity index is 0.00000142. The summed E-state index contributed by atoms with van der Waals surface area (Å²) < 4.78 is 3.49. The first-order valence-corrected chi connectivity index (χ1v) is 10.7. The second kappa shape index (κ2) is 12.0. The van der Waals surface area contributed by atoms with E-state index in [-0.39, 0.29) is 18.9 Å². The molecule has 1 aliphatic rings. The third kappa shape index (κ3) is 6.39. The number of benzene rings is 1. The number of hydrogen-bond acceptors (Lipinski definition) is 9. The lowest BCUT2D eigenvalue weighted by molar-refractivity contribution is -0.842. The predicted molar refractivity (Wildman–Crippen MR) is 124 cm³/mol. The molecular formula is C22H32N5O8+. The summed E-state index contributed by atoms with van der Waals surface area (Å²) in [6.07, 6.45) is -1.14. The number of nitrogens with two attached hydrogens (primary N) is 2. The van der Waals surface area contributed by atoms with Crippen molar-refractivity contribution < 1.29 is 43.6 Å². The number of oxime groups is 1. The maximum Gasteiger partial charge on any atom is 0.544 e. The fourth-order valence-corrected chi connectivity index (χ4v) is 3.26. The van der Waals surface area contributed by atoms with Crippen LogP contribution in [0, 0.1) is 5.41 Å². The van der Waals surface area contributed by atoms with E-state index in [9.17, 15) is 19.5 Å². The van der Waals surface area contributed by atoms with Gasteiger partial charge in [0.1, 0.15) is 5.84 Å². The summed E-state index contributed by atoms with van der Waals surface area (Å²) in [6.45, 7) is 5.17. The molecule has 35 heavy (non-hydrogen) atoms. The van der Waals surface area contributed by atoms with Crippen molar-refractivity contribution >= 4 is 35.5 Å². The molecule has 0 saturated carbocycles. The van der Waals surface area contributed by atoms with Gasteiger partial charge in [0.2, 0.25) is 6.10 Å². The number of aliphatic carboxylic acids is 2. The molecule has 1 aromatic carbocycles. The van der Waals surface area contributed by atoms with Gasteiger partial charge in [0, 0.05) is 25.8 Å². The number of nitrogens with one attached hydrogen (secondary N) is 1. The van der Waals surface area contributed by atoms with E-state index in [0.717, 1.165) is 20.3 Å². The van der Waals surface area contributed by atoms with E-state index in [0.29, 0.717) is 23.3 Å². The van der Waals surface area contributed by atoms with Gasteiger partial charge >= 0.3 is 18.0 Å². The van der Waals surface area contributed by atoms with Gasteiger partial charge in [-0.1, -0.05) is 47.4 Å². The summed E-state index contributed by atoms with van der Waals surface area (Å²) in [6, 6.07) is 6.56. The van der Waals surface area contributed by atoms with Gasteiger partial charge in [-0.05, 0) is 12.0 Å². The van der Waals surface area contributed by atoms with Crippen LogP contribution in [-0.4, -0.2) is 68.5 Å². The molecule has 1 aliphatic heterocycles. The number of imide groups is 1. The molecule has 13 nitrogen and oxygen atoms in total. The Bertz CT molecular complexity index is 1010. The molecule has 3 atom stereocenters. The molecule has 1 heterocycles. The van der Waals surface area contributed by atoms with Gasteiger partial charge in [-0.3, -0.25) is 10.2 Å². The van der Waals surface area contributed by atoms with Gasteiger partial charge in [-0.2, -0.15) is 10.6 Å². The Morgan fingerprint density at radius 2 is 1.77 bits per heavy atom. The summed E-state index contributed by atoms with van der Waals surface area (Å²) in [7, 11) is 0. The molecule has 0 aromatic heterocycles. The first-order chi connectivity index (χ1) is 16.2. The number of carboxylic acids is 2. The van der Waals surface area contributed by atoms with Crippen molar-refractivity contribution in [2.75, 3.05) is 6.61 Å². The van der Waals surface area contributed by atoms with Gasteiger partial charge < -0.3 is 25.5 Å². The lowest BCUT2D eigenvalue weighted by Crippen LogP contribution is -2.79. The van der Waals surface area contributed by atoms with Crippen LogP contribution in [0.1, 0.15) is 58.1 Å². The van der Waals surface area contributed by atoms with Crippen LogP contribution >= 0.6 is 0 Å². The minimum atomic E-state index is -2.21. The van der Waals surface area contributed by atoms with Crippen LogP contribution in [0.25, 0.3) is 0 Å². The van der Waals surface area contributed by atoms with E-state index < -0.39 is 40.2 Å². The van der Waals surface area contributed by atoms with Gasteiger partial charge in [-0.25, -0.2) is 9.59 Å². The van der Waals surface area contributed by atoms with Crippen molar-refractivity contribution in [1.29, 1.82) is 5.41 Å². The largest absolute Gasteiger partial charge is 0.544 e. The summed E-state index contributed by atoms with van der Waals surface area (Å²) >= 11 is 0. The zero-order valence-electron chi connectivity index (χ0n) is 20.1. The number of amides is 2. The van der Waals surface area contributed by atoms with Crippen LogP contribution in [0.3, 0.4) is 0 Å². The van der Waals surface area contributed by atoms with Crippen LogP contribution in [-0.2, 0) is 24.0 Å². The standard InChI is InChI=1S/C20H27N5O6.C2H4O2/c1-4-5-10-30-19(29)25(23,12(2)26)20(3,18(27)28)16-11-15(24-31-16)13-6-8-14(9-7-13)17(21)22;1-2(3)4/h6-9,16H,4-5,10-11,23H2,1-3H3,(H3-,21,22,27,28);1H3,(H,3,4)/p+1/t16?,20-,25?;/m1./s1. The van der Waals surface area contributed by atoms with Crippen LogP contribution < -0.4 is 11.6 Å². The number of ether oxygens (including phenoxy) is 1. The monoisotopic (exact) mass is 494 g/mol. The summed E-state index contributed by atoms with van der Waals surface area (Å²) in [5, 5.41) is 28.9. The fourth-order valence-electron chi connectivity index (χ4n) is 3.26. The SMILES string of the molecule is CC(=O)O.CCCCOC(=O)[N+](N)(C(C)=O)[C@@](C)(C(=O)O)C1CC(c2ccc(C(=N)N)cc2)=NO1. The van der Waals surface area contributed by atoms with E-state index in [1.54, 1.807) is 24.3 Å². The van der Waals surface area contributed by atoms with E-state index >= 15 is 0 Å². The average Bonchev–Trinajstić information content (AvgIpc) is 3.28. The molecule has 2 amide bonds. The smallest absolute Gasteiger partial charge is 0.481 e. The fraction of sp³-hybridized carbons (Fsp3) is 0.455. The molecule has 0 fully saturated rings. The summed E-state index contributed by atoms with van der Waals surface area (Å²) in [5.41, 5.74) is 4.77. The number of hydrogen-bond donors (Lipinski definition) is 5. The predicted octanol–water partition coefficient (Wildman–Crippen LogP) is 1.57. The molecule has 0 bridgehead atoms. The molecular weight excluding hydrogens is 462 g/mol. The van der Waals surface area contributed by atoms with Gasteiger partial charge in [-0.15, -0.1) is 0 Å². The van der Waals surface area contributed by atoms with Crippen LogP contribution in [0.4, 0.5) is 4.79 Å². The number of quaternary nitrogens is 1. The topological polar surface area (TPSA) is 215 Å². The van der Waals surface area contributed by atoms with Crippen molar-refractivity contribution in [3.63, 3.8) is 0 Å². The Hall–Kier alpha value is -3.84. The molecule has 13 heteroatoms. The number of rotatable bonds is 8. The van der Waals surface area contributed by atoms with Crippen LogP contribution in [0.2, 0.25) is 0 Å². The van der Waals surface area contributed by atoms with Crippen molar-refractivity contribution in [1.82, 2.24) is 0 Å². The highest BCUT2D eigenvalue weighted by Crippen LogP contribution is 2.35. The highest BCUT2D eigenvalue weighted by atomic mass is 16.6. The van der Waals surface area contributed by atoms with Gasteiger partial charge in [0.25, 0.3) is 11.5 Å². The zero-order chi connectivity index (χ0) is 27.0. The highest BCUT2D eigenvalue weighted by molar-refractivity contribution is 6.03. The van der Waals surface area contributed by atoms with E-state index in [2.05, 4.69) is 5.16 Å². The first kappa shape index (κ1) is 29.2. The maximum atomic E-state index is 12.8. The number of carbonyl (C=O) groups excluding carboxylic acids is 2. The van der Waals surface area contributed by atoms with Crippen molar-refractivity contribution in [2.24, 2.45) is 16.7 Å². The molecule has 0 spiro atoms. The van der Waals surface area contributed by atoms with Crippen molar-refractivity contribution in [3.05, 3.63) is 35.4 Å². The zero-order valence-corrected chi connectivity index (χ0v) is 20.1. The quantitative estimate of drug-likeness (QED) is 0.0668. The Morgan fingerprint density at radius 3 is 2.20 bits per heavy atom. The molecule has 2 unspecified atom stereocenters. The summed E-state index contributed by atoms with van der Waals surface area (Å²) in [5.74, 6) is 2.78. The van der Waals surface area contributed by atoms with Crippen molar-refractivity contribution in [2.45, 2.75) is 58.6 Å². The first-order valence-electron chi connectivity index (χ1n) is 10.7. The second-order valence-electron chi connectivity index (χ2n) is 8.01. The van der Waals surface area contributed by atoms with Crippen LogP contribution in [0.15, 0.2) is 29.4 Å². The molecule has 2 rings (SSSR count).